The van der Waals surface area contributed by atoms with E-state index in [-0.39, 0.29) is 11.3 Å². The monoisotopic (exact) mass is 425 g/mol. The van der Waals surface area contributed by atoms with Crippen molar-refractivity contribution in [3.05, 3.63) is 81.5 Å². The maximum absolute atomic E-state index is 12.9. The molecule has 0 saturated carbocycles. The van der Waals surface area contributed by atoms with E-state index in [0.29, 0.717) is 30.8 Å². The van der Waals surface area contributed by atoms with E-state index in [9.17, 15) is 24.8 Å². The van der Waals surface area contributed by atoms with Crippen molar-refractivity contribution < 1.29 is 24.0 Å². The SMILES string of the molecule is CN(C)CCCN1C(=O)C(O)=C(C(=O)/C=C/c2ccco2)C1c1ccc([N+](=O)[O-])cc1. The second-order valence-electron chi connectivity index (χ2n) is 7.38. The number of benzene rings is 1. The van der Waals surface area contributed by atoms with Crippen molar-refractivity contribution in [3.8, 4) is 0 Å². The normalized spacial score (nSPS) is 16.7. The molecule has 9 nitrogen and oxygen atoms in total. The predicted octanol–water partition coefficient (Wildman–Crippen LogP) is 3.12. The average Bonchev–Trinajstić information content (AvgIpc) is 3.34. The smallest absolute Gasteiger partial charge is 0.290 e. The molecule has 3 rings (SSSR count). The Hall–Kier alpha value is -3.72. The minimum Gasteiger partial charge on any atom is -0.503 e. The van der Waals surface area contributed by atoms with E-state index in [0.717, 1.165) is 0 Å². The quantitative estimate of drug-likeness (QED) is 0.373. The molecule has 1 amide bonds. The molecule has 0 radical (unpaired) electrons. The number of amides is 1. The summed E-state index contributed by atoms with van der Waals surface area (Å²) in [5.74, 6) is -1.34. The third kappa shape index (κ3) is 4.89. The van der Waals surface area contributed by atoms with Crippen molar-refractivity contribution in [3.63, 3.8) is 0 Å². The van der Waals surface area contributed by atoms with Crippen molar-refractivity contribution >= 4 is 23.5 Å². The largest absolute Gasteiger partial charge is 0.503 e. The minimum atomic E-state index is -0.843. The molecule has 162 valence electrons. The van der Waals surface area contributed by atoms with Gasteiger partial charge in [-0.3, -0.25) is 19.7 Å². The van der Waals surface area contributed by atoms with Gasteiger partial charge in [0.1, 0.15) is 5.76 Å². The summed E-state index contributed by atoms with van der Waals surface area (Å²) in [6.45, 7) is 1.01. The molecule has 1 aromatic carbocycles. The Morgan fingerprint density at radius 3 is 2.58 bits per heavy atom. The van der Waals surface area contributed by atoms with Gasteiger partial charge >= 0.3 is 0 Å². The number of furan rings is 1. The lowest BCUT2D eigenvalue weighted by Crippen LogP contribution is -2.33. The summed E-state index contributed by atoms with van der Waals surface area (Å²) in [7, 11) is 3.81. The van der Waals surface area contributed by atoms with Gasteiger partial charge in [-0.05, 0) is 69.0 Å². The first-order chi connectivity index (χ1) is 14.8. The first-order valence-electron chi connectivity index (χ1n) is 9.68. The van der Waals surface area contributed by atoms with E-state index in [1.54, 1.807) is 12.1 Å². The number of aliphatic hydroxyl groups excluding tert-OH is 1. The van der Waals surface area contributed by atoms with Gasteiger partial charge in [0.2, 0.25) is 0 Å². The van der Waals surface area contributed by atoms with E-state index in [1.807, 2.05) is 19.0 Å². The number of rotatable bonds is 9. The van der Waals surface area contributed by atoms with Crippen LogP contribution in [0.1, 0.15) is 23.8 Å². The van der Waals surface area contributed by atoms with Crippen LogP contribution in [0.5, 0.6) is 0 Å². The van der Waals surface area contributed by atoms with Crippen molar-refractivity contribution in [1.82, 2.24) is 9.80 Å². The van der Waals surface area contributed by atoms with Crippen LogP contribution < -0.4 is 0 Å². The molecule has 31 heavy (non-hydrogen) atoms. The summed E-state index contributed by atoms with van der Waals surface area (Å²) >= 11 is 0. The second kappa shape index (κ2) is 9.40. The van der Waals surface area contributed by atoms with E-state index in [1.165, 1.54) is 47.6 Å². The molecule has 0 saturated heterocycles. The van der Waals surface area contributed by atoms with Gasteiger partial charge in [0.05, 0.1) is 22.8 Å². The Balaban J connectivity index is 1.95. The fourth-order valence-corrected chi connectivity index (χ4v) is 3.45. The molecular formula is C22H23N3O6. The number of nitrogens with zero attached hydrogens (tertiary/aromatic N) is 3. The number of nitro benzene ring substituents is 1. The Bertz CT molecular complexity index is 1020. The van der Waals surface area contributed by atoms with Crippen LogP contribution in [-0.2, 0) is 9.59 Å². The van der Waals surface area contributed by atoms with Crippen LogP contribution in [0.4, 0.5) is 5.69 Å². The Morgan fingerprint density at radius 1 is 1.29 bits per heavy atom. The zero-order valence-corrected chi connectivity index (χ0v) is 17.2. The molecule has 2 heterocycles. The summed E-state index contributed by atoms with van der Waals surface area (Å²) in [4.78, 5) is 39.6. The van der Waals surface area contributed by atoms with Crippen LogP contribution >= 0.6 is 0 Å². The lowest BCUT2D eigenvalue weighted by molar-refractivity contribution is -0.384. The lowest BCUT2D eigenvalue weighted by Gasteiger charge is -2.27. The standard InChI is InChI=1S/C22H23N3O6/c1-23(2)12-4-13-24-20(15-6-8-16(9-7-15)25(29)30)19(21(27)22(24)28)18(26)11-10-17-5-3-14-31-17/h3,5-11,14,20,27H,4,12-13H2,1-2H3/b11-10+. The maximum atomic E-state index is 12.9. The molecule has 0 aliphatic carbocycles. The molecule has 1 aromatic heterocycles. The fourth-order valence-electron chi connectivity index (χ4n) is 3.45. The van der Waals surface area contributed by atoms with Crippen molar-refractivity contribution in [2.75, 3.05) is 27.2 Å². The highest BCUT2D eigenvalue weighted by Crippen LogP contribution is 2.38. The van der Waals surface area contributed by atoms with E-state index in [4.69, 9.17) is 4.42 Å². The van der Waals surface area contributed by atoms with Gasteiger partial charge in [0, 0.05) is 18.7 Å². The summed E-state index contributed by atoms with van der Waals surface area (Å²) < 4.78 is 5.17. The molecule has 1 aliphatic heterocycles. The average molecular weight is 425 g/mol. The Morgan fingerprint density at radius 2 is 2.00 bits per heavy atom. The molecule has 1 unspecified atom stereocenters. The maximum Gasteiger partial charge on any atom is 0.290 e. The van der Waals surface area contributed by atoms with Crippen LogP contribution in [0.15, 0.2) is 64.5 Å². The summed E-state index contributed by atoms with van der Waals surface area (Å²) in [6.07, 6.45) is 4.78. The van der Waals surface area contributed by atoms with Gasteiger partial charge in [-0.2, -0.15) is 0 Å². The molecule has 1 aliphatic rings. The predicted molar refractivity (Wildman–Crippen MR) is 113 cm³/mol. The lowest BCUT2D eigenvalue weighted by atomic mass is 9.95. The number of nitro groups is 1. The molecule has 9 heteroatoms. The summed E-state index contributed by atoms with van der Waals surface area (Å²) in [5, 5.41) is 21.5. The van der Waals surface area contributed by atoms with Gasteiger partial charge in [0.15, 0.2) is 11.5 Å². The highest BCUT2D eigenvalue weighted by Gasteiger charge is 2.42. The van der Waals surface area contributed by atoms with Crippen LogP contribution in [0.2, 0.25) is 0 Å². The molecule has 0 spiro atoms. The zero-order valence-electron chi connectivity index (χ0n) is 17.2. The van der Waals surface area contributed by atoms with Gasteiger partial charge < -0.3 is 19.3 Å². The molecule has 0 bridgehead atoms. The number of carbonyl (C=O) groups excluding carboxylic acids is 2. The van der Waals surface area contributed by atoms with Gasteiger partial charge in [0.25, 0.3) is 11.6 Å². The van der Waals surface area contributed by atoms with E-state index >= 15 is 0 Å². The number of hydrogen-bond donors (Lipinski definition) is 1. The molecule has 1 N–H and O–H groups in total. The number of allylic oxidation sites excluding steroid dienone is 1. The highest BCUT2D eigenvalue weighted by atomic mass is 16.6. The van der Waals surface area contributed by atoms with Gasteiger partial charge in [-0.15, -0.1) is 0 Å². The minimum absolute atomic E-state index is 0.0634. The van der Waals surface area contributed by atoms with Crippen molar-refractivity contribution in [2.45, 2.75) is 12.5 Å². The Kier molecular flexibility index (Phi) is 6.66. The van der Waals surface area contributed by atoms with Crippen LogP contribution in [0.3, 0.4) is 0 Å². The number of aliphatic hydroxyl groups is 1. The van der Waals surface area contributed by atoms with Gasteiger partial charge in [-0.25, -0.2) is 0 Å². The fraction of sp³-hybridized carbons (Fsp3) is 0.273. The van der Waals surface area contributed by atoms with E-state index < -0.39 is 28.4 Å². The molecule has 0 fully saturated rings. The molecule has 2 aromatic rings. The summed E-state index contributed by atoms with van der Waals surface area (Å²) in [5.41, 5.74) is 0.333. The third-order valence-electron chi connectivity index (χ3n) is 4.94. The zero-order chi connectivity index (χ0) is 22.5. The molecule has 1 atom stereocenters. The van der Waals surface area contributed by atoms with Crippen LogP contribution in [0, 0.1) is 10.1 Å². The topological polar surface area (TPSA) is 117 Å². The van der Waals surface area contributed by atoms with Crippen LogP contribution in [-0.4, -0.2) is 58.7 Å². The highest BCUT2D eigenvalue weighted by molar-refractivity contribution is 6.14. The molecular weight excluding hydrogens is 402 g/mol. The number of ketones is 1. The van der Waals surface area contributed by atoms with Crippen molar-refractivity contribution in [2.24, 2.45) is 0 Å². The third-order valence-corrected chi connectivity index (χ3v) is 4.94. The van der Waals surface area contributed by atoms with E-state index in [2.05, 4.69) is 0 Å². The summed E-state index contributed by atoms with van der Waals surface area (Å²) in [6, 6.07) is 8.12. The first kappa shape index (κ1) is 22.0. The number of non-ortho nitro benzene ring substituents is 1. The first-order valence-corrected chi connectivity index (χ1v) is 9.68. The van der Waals surface area contributed by atoms with Crippen molar-refractivity contribution in [1.29, 1.82) is 0 Å². The Labute approximate surface area is 179 Å². The number of hydrogen-bond acceptors (Lipinski definition) is 7. The van der Waals surface area contributed by atoms with Gasteiger partial charge in [-0.1, -0.05) is 0 Å². The number of carbonyl (C=O) groups is 2. The second-order valence-corrected chi connectivity index (χ2v) is 7.38. The van der Waals surface area contributed by atoms with Crippen LogP contribution in [0.25, 0.3) is 6.08 Å².